The summed E-state index contributed by atoms with van der Waals surface area (Å²) in [6, 6.07) is 7.92. The van der Waals surface area contributed by atoms with Gasteiger partial charge in [-0.2, -0.15) is 13.5 Å². The minimum absolute atomic E-state index is 0.228. The number of aromatic nitrogens is 3. The SMILES string of the molecule is Cc1cc(-c2ccc3c(c2NC(=O)NS(=O)(=O)c2ccn(C(C)(C)C)n2)CCO3)ccn1. The highest BCUT2D eigenvalue weighted by molar-refractivity contribution is 7.90. The summed E-state index contributed by atoms with van der Waals surface area (Å²) in [6.45, 7) is 8.07. The summed E-state index contributed by atoms with van der Waals surface area (Å²) in [5.41, 5.74) is 3.38. The fourth-order valence-corrected chi connectivity index (χ4v) is 4.34. The van der Waals surface area contributed by atoms with E-state index in [0.717, 1.165) is 22.4 Å². The second-order valence-corrected chi connectivity index (χ2v) is 10.2. The molecule has 168 valence electrons. The van der Waals surface area contributed by atoms with Crippen LogP contribution in [0, 0.1) is 6.92 Å². The van der Waals surface area contributed by atoms with E-state index in [1.165, 1.54) is 10.7 Å². The number of amides is 2. The maximum atomic E-state index is 12.8. The number of anilines is 1. The Labute approximate surface area is 186 Å². The topological polar surface area (TPSA) is 115 Å². The van der Waals surface area contributed by atoms with Crippen molar-refractivity contribution in [3.05, 3.63) is 54.0 Å². The lowest BCUT2D eigenvalue weighted by atomic mass is 9.99. The zero-order valence-corrected chi connectivity index (χ0v) is 19.2. The van der Waals surface area contributed by atoms with Crippen molar-refractivity contribution in [1.82, 2.24) is 19.5 Å². The van der Waals surface area contributed by atoms with E-state index in [0.29, 0.717) is 24.5 Å². The lowest BCUT2D eigenvalue weighted by Gasteiger charge is -2.18. The summed E-state index contributed by atoms with van der Waals surface area (Å²) in [4.78, 5) is 17.0. The lowest BCUT2D eigenvalue weighted by molar-refractivity contribution is 0.256. The van der Waals surface area contributed by atoms with E-state index >= 15 is 0 Å². The van der Waals surface area contributed by atoms with Gasteiger partial charge in [0.2, 0.25) is 0 Å². The number of benzene rings is 1. The van der Waals surface area contributed by atoms with Gasteiger partial charge in [-0.05, 0) is 63.6 Å². The minimum Gasteiger partial charge on any atom is -0.493 e. The second kappa shape index (κ2) is 7.94. The summed E-state index contributed by atoms with van der Waals surface area (Å²) in [5, 5.41) is 6.61. The van der Waals surface area contributed by atoms with Crippen LogP contribution in [0.3, 0.4) is 0 Å². The van der Waals surface area contributed by atoms with Crippen LogP contribution in [0.2, 0.25) is 0 Å². The van der Waals surface area contributed by atoms with Crippen molar-refractivity contribution in [1.29, 1.82) is 0 Å². The number of nitrogens with zero attached hydrogens (tertiary/aromatic N) is 3. The lowest BCUT2D eigenvalue weighted by Crippen LogP contribution is -2.35. The number of ether oxygens (including phenoxy) is 1. The fourth-order valence-electron chi connectivity index (χ4n) is 3.51. The standard InChI is InChI=1S/C22H25N5O4S/c1-14-13-15(7-10-23-14)16-5-6-18-17(9-12-31-18)20(16)24-21(28)26-32(29,30)19-8-11-27(25-19)22(2,3)4/h5-8,10-11,13H,9,12H2,1-4H3,(H2,24,26,28). The predicted molar refractivity (Wildman–Crippen MR) is 120 cm³/mol. The quantitative estimate of drug-likeness (QED) is 0.623. The van der Waals surface area contributed by atoms with Crippen molar-refractivity contribution in [2.75, 3.05) is 11.9 Å². The number of carbonyl (C=O) groups is 1. The van der Waals surface area contributed by atoms with E-state index in [1.54, 1.807) is 12.4 Å². The largest absolute Gasteiger partial charge is 0.493 e. The van der Waals surface area contributed by atoms with Gasteiger partial charge in [0.15, 0.2) is 5.03 Å². The Bertz CT molecular complexity index is 1290. The molecule has 0 unspecified atom stereocenters. The average Bonchev–Trinajstić information content (AvgIpc) is 3.38. The van der Waals surface area contributed by atoms with E-state index in [2.05, 4.69) is 20.1 Å². The molecule has 0 saturated heterocycles. The van der Waals surface area contributed by atoms with Crippen LogP contribution >= 0.6 is 0 Å². The Morgan fingerprint density at radius 2 is 1.97 bits per heavy atom. The number of sulfonamides is 1. The number of fused-ring (bicyclic) bond motifs is 1. The molecule has 1 aromatic carbocycles. The fraction of sp³-hybridized carbons (Fsp3) is 0.318. The Kier molecular flexibility index (Phi) is 5.41. The third kappa shape index (κ3) is 4.31. The van der Waals surface area contributed by atoms with Gasteiger partial charge in [-0.3, -0.25) is 9.67 Å². The molecule has 0 spiro atoms. The van der Waals surface area contributed by atoms with E-state index in [-0.39, 0.29) is 5.03 Å². The maximum Gasteiger partial charge on any atom is 0.333 e. The van der Waals surface area contributed by atoms with E-state index < -0.39 is 21.6 Å². The number of hydrogen-bond acceptors (Lipinski definition) is 6. The number of pyridine rings is 1. The van der Waals surface area contributed by atoms with E-state index in [1.807, 2.05) is 52.0 Å². The molecular weight excluding hydrogens is 430 g/mol. The number of hydrogen-bond donors (Lipinski definition) is 2. The average molecular weight is 456 g/mol. The van der Waals surface area contributed by atoms with Crippen LogP contribution in [-0.4, -0.2) is 35.8 Å². The highest BCUT2D eigenvalue weighted by Crippen LogP contribution is 2.39. The van der Waals surface area contributed by atoms with Crippen molar-refractivity contribution in [3.63, 3.8) is 0 Å². The normalized spacial score (nSPS) is 13.4. The number of nitrogens with one attached hydrogen (secondary N) is 2. The molecule has 9 nitrogen and oxygen atoms in total. The number of rotatable bonds is 4. The molecule has 0 fully saturated rings. The Morgan fingerprint density at radius 3 is 2.66 bits per heavy atom. The summed E-state index contributed by atoms with van der Waals surface area (Å²) >= 11 is 0. The van der Waals surface area contributed by atoms with Crippen LogP contribution in [-0.2, 0) is 22.0 Å². The Hall–Kier alpha value is -3.40. The van der Waals surface area contributed by atoms with Crippen molar-refractivity contribution < 1.29 is 17.9 Å². The predicted octanol–water partition coefficient (Wildman–Crippen LogP) is 3.45. The first kappa shape index (κ1) is 21.8. The number of aryl methyl sites for hydroxylation is 1. The highest BCUT2D eigenvalue weighted by atomic mass is 32.2. The van der Waals surface area contributed by atoms with Gasteiger partial charge in [0, 0.05) is 35.6 Å². The van der Waals surface area contributed by atoms with Crippen LogP contribution in [0.4, 0.5) is 10.5 Å². The summed E-state index contributed by atoms with van der Waals surface area (Å²) in [7, 11) is -4.15. The van der Waals surface area contributed by atoms with Gasteiger partial charge in [0.05, 0.1) is 17.8 Å². The third-order valence-electron chi connectivity index (χ3n) is 5.08. The summed E-state index contributed by atoms with van der Waals surface area (Å²) in [6.07, 6.45) is 3.86. The molecule has 1 aliphatic rings. The smallest absolute Gasteiger partial charge is 0.333 e. The van der Waals surface area contributed by atoms with E-state index in [9.17, 15) is 13.2 Å². The molecule has 0 aliphatic carbocycles. The van der Waals surface area contributed by atoms with Crippen molar-refractivity contribution in [2.24, 2.45) is 0 Å². The molecule has 3 aromatic rings. The monoisotopic (exact) mass is 455 g/mol. The Morgan fingerprint density at radius 1 is 1.19 bits per heavy atom. The molecule has 0 atom stereocenters. The van der Waals surface area contributed by atoms with Gasteiger partial charge in [-0.25, -0.2) is 9.52 Å². The van der Waals surface area contributed by atoms with Crippen LogP contribution in [0.15, 0.2) is 47.8 Å². The molecule has 2 aromatic heterocycles. The first-order valence-electron chi connectivity index (χ1n) is 10.2. The minimum atomic E-state index is -4.15. The molecule has 3 heterocycles. The molecule has 2 amide bonds. The molecule has 0 bridgehead atoms. The first-order chi connectivity index (χ1) is 15.0. The third-order valence-corrected chi connectivity index (χ3v) is 6.30. The van der Waals surface area contributed by atoms with Gasteiger partial charge in [-0.15, -0.1) is 0 Å². The van der Waals surface area contributed by atoms with E-state index in [4.69, 9.17) is 4.74 Å². The molecule has 0 saturated carbocycles. The summed E-state index contributed by atoms with van der Waals surface area (Å²) < 4.78 is 34.7. The zero-order valence-electron chi connectivity index (χ0n) is 18.3. The second-order valence-electron chi connectivity index (χ2n) is 8.58. The molecule has 2 N–H and O–H groups in total. The van der Waals surface area contributed by atoms with Crippen LogP contribution < -0.4 is 14.8 Å². The van der Waals surface area contributed by atoms with Crippen molar-refractivity contribution in [2.45, 2.75) is 44.7 Å². The molecule has 32 heavy (non-hydrogen) atoms. The van der Waals surface area contributed by atoms with Crippen LogP contribution in [0.5, 0.6) is 5.75 Å². The molecule has 4 rings (SSSR count). The van der Waals surface area contributed by atoms with Gasteiger partial charge in [0.1, 0.15) is 5.75 Å². The molecule has 10 heteroatoms. The number of urea groups is 1. The van der Waals surface area contributed by atoms with Gasteiger partial charge >= 0.3 is 6.03 Å². The zero-order chi connectivity index (χ0) is 23.1. The van der Waals surface area contributed by atoms with Gasteiger partial charge in [0.25, 0.3) is 10.0 Å². The van der Waals surface area contributed by atoms with Crippen molar-refractivity contribution >= 4 is 21.7 Å². The molecular formula is C22H25N5O4S. The van der Waals surface area contributed by atoms with Crippen LogP contribution in [0.25, 0.3) is 11.1 Å². The van der Waals surface area contributed by atoms with Crippen LogP contribution in [0.1, 0.15) is 32.0 Å². The van der Waals surface area contributed by atoms with Gasteiger partial charge < -0.3 is 10.1 Å². The van der Waals surface area contributed by atoms with Crippen molar-refractivity contribution in [3.8, 4) is 16.9 Å². The Balaban J connectivity index is 1.63. The molecule has 0 radical (unpaired) electrons. The van der Waals surface area contributed by atoms with Gasteiger partial charge in [-0.1, -0.05) is 0 Å². The highest BCUT2D eigenvalue weighted by Gasteiger charge is 2.26. The maximum absolute atomic E-state index is 12.8. The molecule has 1 aliphatic heterocycles. The number of carbonyl (C=O) groups excluding carboxylic acids is 1. The first-order valence-corrected chi connectivity index (χ1v) is 11.6. The summed E-state index contributed by atoms with van der Waals surface area (Å²) in [5.74, 6) is 0.668.